The topological polar surface area (TPSA) is 43.6 Å². The Morgan fingerprint density at radius 2 is 2.27 bits per heavy atom. The first kappa shape index (κ1) is 10.1. The van der Waals surface area contributed by atoms with Crippen LogP contribution in [0.15, 0.2) is 24.9 Å². The second-order valence-electron chi connectivity index (χ2n) is 3.15. The van der Waals surface area contributed by atoms with E-state index < -0.39 is 0 Å². The first-order chi connectivity index (χ1) is 7.31. The fraction of sp³-hybridized carbons (Fsp3) is 0.300. The molecule has 78 valence electrons. The molecule has 0 atom stereocenters. The van der Waals surface area contributed by atoms with Gasteiger partial charge in [0, 0.05) is 37.1 Å². The average Bonchev–Trinajstić information content (AvgIpc) is 2.69. The molecule has 0 radical (unpaired) electrons. The lowest BCUT2D eigenvalue weighted by molar-refractivity contribution is 0.711. The highest BCUT2D eigenvalue weighted by molar-refractivity contribution is 6.30. The predicted molar refractivity (Wildman–Crippen MR) is 57.7 cm³/mol. The maximum atomic E-state index is 5.95. The average molecular weight is 223 g/mol. The summed E-state index contributed by atoms with van der Waals surface area (Å²) in [7, 11) is 0. The van der Waals surface area contributed by atoms with Crippen molar-refractivity contribution in [2.24, 2.45) is 0 Å². The van der Waals surface area contributed by atoms with Gasteiger partial charge in [-0.15, -0.1) is 0 Å². The lowest BCUT2D eigenvalue weighted by atomic mass is 10.2. The molecule has 0 aromatic carbocycles. The lowest BCUT2D eigenvalue weighted by Crippen LogP contribution is -2.03. The van der Waals surface area contributed by atoms with Crippen molar-refractivity contribution >= 4 is 11.6 Å². The second kappa shape index (κ2) is 4.40. The Kier molecular flexibility index (Phi) is 2.97. The molecule has 2 aromatic heterocycles. The Morgan fingerprint density at radius 1 is 1.40 bits per heavy atom. The van der Waals surface area contributed by atoms with Gasteiger partial charge in [-0.1, -0.05) is 11.6 Å². The molecule has 0 aliphatic carbocycles. The fourth-order valence-electron chi connectivity index (χ4n) is 1.43. The number of hydrogen-bond donors (Lipinski definition) is 0. The van der Waals surface area contributed by atoms with Crippen molar-refractivity contribution < 1.29 is 0 Å². The zero-order valence-corrected chi connectivity index (χ0v) is 9.15. The molecule has 4 nitrogen and oxygen atoms in total. The Balaban J connectivity index is 2.26. The van der Waals surface area contributed by atoms with E-state index in [1.165, 1.54) is 6.33 Å². The van der Waals surface area contributed by atoms with Gasteiger partial charge in [0.1, 0.15) is 17.3 Å². The molecule has 2 heterocycles. The number of imidazole rings is 1. The molecule has 0 fully saturated rings. The molecule has 2 aromatic rings. The summed E-state index contributed by atoms with van der Waals surface area (Å²) in [6.07, 6.45) is 7.58. The summed E-state index contributed by atoms with van der Waals surface area (Å²) in [5.74, 6) is 0.981. The van der Waals surface area contributed by atoms with Gasteiger partial charge in [0.15, 0.2) is 0 Å². The van der Waals surface area contributed by atoms with Crippen LogP contribution in [0, 0.1) is 0 Å². The van der Waals surface area contributed by atoms with Crippen molar-refractivity contribution in [1.29, 1.82) is 0 Å². The van der Waals surface area contributed by atoms with E-state index in [1.807, 2.05) is 6.20 Å². The van der Waals surface area contributed by atoms with Gasteiger partial charge in [-0.25, -0.2) is 15.0 Å². The highest BCUT2D eigenvalue weighted by Gasteiger charge is 2.06. The van der Waals surface area contributed by atoms with Crippen molar-refractivity contribution in [3.8, 4) is 0 Å². The number of aryl methyl sites for hydroxylation is 1. The smallest absolute Gasteiger partial charge is 0.136 e. The minimum Gasteiger partial charge on any atom is -0.335 e. The number of nitrogens with zero attached hydrogens (tertiary/aromatic N) is 4. The van der Waals surface area contributed by atoms with E-state index in [4.69, 9.17) is 11.6 Å². The molecule has 0 bridgehead atoms. The van der Waals surface area contributed by atoms with Gasteiger partial charge in [0.2, 0.25) is 0 Å². The van der Waals surface area contributed by atoms with Crippen LogP contribution in [0.4, 0.5) is 0 Å². The zero-order valence-electron chi connectivity index (χ0n) is 8.39. The number of aromatic nitrogens is 4. The minimum atomic E-state index is 0.496. The molecular formula is C10H11ClN4. The molecule has 0 aliphatic heterocycles. The first-order valence-electron chi connectivity index (χ1n) is 4.75. The lowest BCUT2D eigenvalue weighted by Gasteiger charge is -2.04. The minimum absolute atomic E-state index is 0.496. The summed E-state index contributed by atoms with van der Waals surface area (Å²) >= 11 is 5.95. The SMILES string of the molecule is CCn1ccnc1Cc1cncnc1Cl. The van der Waals surface area contributed by atoms with Crippen LogP contribution in [0.25, 0.3) is 0 Å². The van der Waals surface area contributed by atoms with Crippen LogP contribution in [0.1, 0.15) is 18.3 Å². The largest absolute Gasteiger partial charge is 0.335 e. The summed E-state index contributed by atoms with van der Waals surface area (Å²) in [5.41, 5.74) is 0.903. The van der Waals surface area contributed by atoms with Crippen LogP contribution in [0.2, 0.25) is 5.15 Å². The fourth-order valence-corrected chi connectivity index (χ4v) is 1.59. The Morgan fingerprint density at radius 3 is 3.00 bits per heavy atom. The molecule has 2 rings (SSSR count). The van der Waals surface area contributed by atoms with Crippen LogP contribution in [-0.2, 0) is 13.0 Å². The molecule has 0 N–H and O–H groups in total. The van der Waals surface area contributed by atoms with Crippen LogP contribution in [0.5, 0.6) is 0 Å². The zero-order chi connectivity index (χ0) is 10.7. The van der Waals surface area contributed by atoms with Crippen LogP contribution in [0.3, 0.4) is 0 Å². The third-order valence-corrected chi connectivity index (χ3v) is 2.56. The first-order valence-corrected chi connectivity index (χ1v) is 5.13. The van der Waals surface area contributed by atoms with Crippen molar-refractivity contribution in [3.63, 3.8) is 0 Å². The van der Waals surface area contributed by atoms with Crippen molar-refractivity contribution in [1.82, 2.24) is 19.5 Å². The van der Waals surface area contributed by atoms with Gasteiger partial charge in [-0.05, 0) is 6.92 Å². The molecule has 0 saturated heterocycles. The molecule has 0 amide bonds. The molecule has 0 spiro atoms. The van der Waals surface area contributed by atoms with Gasteiger partial charge in [0.05, 0.1) is 0 Å². The Bertz CT molecular complexity index is 452. The monoisotopic (exact) mass is 222 g/mol. The quantitative estimate of drug-likeness (QED) is 0.746. The van der Waals surface area contributed by atoms with Gasteiger partial charge in [-0.3, -0.25) is 0 Å². The standard InChI is InChI=1S/C10H11ClN4/c1-2-15-4-3-13-9(15)5-8-6-12-7-14-10(8)11/h3-4,6-7H,2,5H2,1H3. The van der Waals surface area contributed by atoms with Crippen LogP contribution in [-0.4, -0.2) is 19.5 Å². The van der Waals surface area contributed by atoms with E-state index in [0.29, 0.717) is 11.6 Å². The number of rotatable bonds is 3. The van der Waals surface area contributed by atoms with Gasteiger partial charge in [0.25, 0.3) is 0 Å². The summed E-state index contributed by atoms with van der Waals surface area (Å²) in [6, 6.07) is 0. The van der Waals surface area contributed by atoms with Crippen LogP contribution >= 0.6 is 11.6 Å². The molecule has 0 unspecified atom stereocenters. The van der Waals surface area contributed by atoms with E-state index in [-0.39, 0.29) is 0 Å². The van der Waals surface area contributed by atoms with E-state index >= 15 is 0 Å². The molecule has 0 aliphatic rings. The summed E-state index contributed by atoms with van der Waals surface area (Å²) in [6.45, 7) is 2.98. The summed E-state index contributed by atoms with van der Waals surface area (Å²) in [4.78, 5) is 12.2. The third kappa shape index (κ3) is 2.15. The maximum absolute atomic E-state index is 5.95. The van der Waals surface area contributed by atoms with E-state index in [9.17, 15) is 0 Å². The highest BCUT2D eigenvalue weighted by atomic mass is 35.5. The van der Waals surface area contributed by atoms with Crippen molar-refractivity contribution in [3.05, 3.63) is 41.5 Å². The van der Waals surface area contributed by atoms with E-state index in [1.54, 1.807) is 12.4 Å². The molecule has 0 saturated carbocycles. The van der Waals surface area contributed by atoms with Crippen LogP contribution < -0.4 is 0 Å². The summed E-state index contributed by atoms with van der Waals surface area (Å²) in [5, 5.41) is 0.496. The summed E-state index contributed by atoms with van der Waals surface area (Å²) < 4.78 is 2.07. The second-order valence-corrected chi connectivity index (χ2v) is 3.50. The van der Waals surface area contributed by atoms with Gasteiger partial charge in [-0.2, -0.15) is 0 Å². The predicted octanol–water partition coefficient (Wildman–Crippen LogP) is 1.94. The van der Waals surface area contributed by atoms with Crippen molar-refractivity contribution in [2.75, 3.05) is 0 Å². The third-order valence-electron chi connectivity index (χ3n) is 2.22. The number of hydrogen-bond acceptors (Lipinski definition) is 3. The highest BCUT2D eigenvalue weighted by Crippen LogP contribution is 2.14. The molecular weight excluding hydrogens is 212 g/mol. The van der Waals surface area contributed by atoms with Gasteiger partial charge >= 0.3 is 0 Å². The normalized spacial score (nSPS) is 10.5. The molecule has 15 heavy (non-hydrogen) atoms. The van der Waals surface area contributed by atoms with Gasteiger partial charge < -0.3 is 4.57 Å². The maximum Gasteiger partial charge on any atom is 0.136 e. The van der Waals surface area contributed by atoms with Crippen molar-refractivity contribution in [2.45, 2.75) is 19.9 Å². The van der Waals surface area contributed by atoms with E-state index in [2.05, 4.69) is 26.4 Å². The Labute approximate surface area is 93.0 Å². The Hall–Kier alpha value is -1.42. The molecule has 5 heteroatoms. The van der Waals surface area contributed by atoms with E-state index in [0.717, 1.165) is 17.9 Å². The number of halogens is 1.